The van der Waals surface area contributed by atoms with Crippen LogP contribution in [-0.4, -0.2) is 14.8 Å². The van der Waals surface area contributed by atoms with Gasteiger partial charge in [-0.05, 0) is 19.9 Å². The molecule has 82 valence electrons. The maximum atomic E-state index is 11.8. The Labute approximate surface area is 91.9 Å². The molecular weight excluding hydrogens is 202 g/mol. The SMILES string of the molecule is CC(C)n1c2ccccc2c2[nH][nH]c(=O)c21. The molecule has 0 unspecified atom stereocenters. The lowest BCUT2D eigenvalue weighted by Gasteiger charge is -2.09. The number of aromatic amines is 2. The number of rotatable bonds is 1. The largest absolute Gasteiger partial charge is 0.332 e. The lowest BCUT2D eigenvalue weighted by Crippen LogP contribution is -2.08. The molecule has 0 spiro atoms. The summed E-state index contributed by atoms with van der Waals surface area (Å²) in [7, 11) is 0. The normalized spacial score (nSPS) is 11.9. The van der Waals surface area contributed by atoms with Gasteiger partial charge in [0.25, 0.3) is 5.56 Å². The summed E-state index contributed by atoms with van der Waals surface area (Å²) in [6.45, 7) is 4.16. The summed E-state index contributed by atoms with van der Waals surface area (Å²) in [5, 5.41) is 6.68. The Hall–Kier alpha value is -1.97. The maximum Gasteiger partial charge on any atom is 0.288 e. The summed E-state index contributed by atoms with van der Waals surface area (Å²) in [4.78, 5) is 11.8. The molecule has 2 aromatic heterocycles. The predicted octanol–water partition coefficient (Wildman–Crippen LogP) is 2.39. The highest BCUT2D eigenvalue weighted by atomic mass is 16.1. The van der Waals surface area contributed by atoms with E-state index in [1.807, 2.05) is 24.3 Å². The molecule has 0 aliphatic rings. The van der Waals surface area contributed by atoms with Gasteiger partial charge in [-0.1, -0.05) is 18.2 Å². The van der Waals surface area contributed by atoms with E-state index in [0.29, 0.717) is 0 Å². The van der Waals surface area contributed by atoms with Gasteiger partial charge in [0.05, 0.1) is 11.0 Å². The fourth-order valence-corrected chi connectivity index (χ4v) is 2.33. The van der Waals surface area contributed by atoms with E-state index in [1.54, 1.807) is 0 Å². The number of H-pyrrole nitrogens is 2. The maximum absolute atomic E-state index is 11.8. The minimum Gasteiger partial charge on any atom is -0.332 e. The second-order valence-electron chi connectivity index (χ2n) is 4.28. The van der Waals surface area contributed by atoms with Gasteiger partial charge < -0.3 is 4.57 Å². The number of nitrogens with one attached hydrogen (secondary N) is 2. The van der Waals surface area contributed by atoms with Crippen LogP contribution < -0.4 is 5.56 Å². The van der Waals surface area contributed by atoms with E-state index < -0.39 is 0 Å². The molecule has 3 rings (SSSR count). The minimum absolute atomic E-state index is 0.0556. The van der Waals surface area contributed by atoms with Crippen LogP contribution in [0, 0.1) is 0 Å². The van der Waals surface area contributed by atoms with Crippen molar-refractivity contribution in [1.29, 1.82) is 0 Å². The van der Waals surface area contributed by atoms with Crippen LogP contribution in [0.2, 0.25) is 0 Å². The monoisotopic (exact) mass is 215 g/mol. The lowest BCUT2D eigenvalue weighted by molar-refractivity contribution is 0.641. The average Bonchev–Trinajstić information content (AvgIpc) is 2.77. The molecule has 0 atom stereocenters. The number of hydrogen-bond donors (Lipinski definition) is 2. The van der Waals surface area contributed by atoms with Crippen molar-refractivity contribution in [2.75, 3.05) is 0 Å². The number of para-hydroxylation sites is 1. The van der Waals surface area contributed by atoms with Crippen molar-refractivity contribution < 1.29 is 0 Å². The zero-order valence-corrected chi connectivity index (χ0v) is 9.24. The molecule has 4 nitrogen and oxygen atoms in total. The van der Waals surface area contributed by atoms with Gasteiger partial charge in [0.1, 0.15) is 5.52 Å². The second-order valence-corrected chi connectivity index (χ2v) is 4.28. The molecule has 2 N–H and O–H groups in total. The predicted molar refractivity (Wildman–Crippen MR) is 64.8 cm³/mol. The van der Waals surface area contributed by atoms with Gasteiger partial charge in [-0.2, -0.15) is 0 Å². The molecule has 0 radical (unpaired) electrons. The fraction of sp³-hybridized carbons (Fsp3) is 0.250. The van der Waals surface area contributed by atoms with Gasteiger partial charge in [0.2, 0.25) is 0 Å². The van der Waals surface area contributed by atoms with Crippen LogP contribution in [-0.2, 0) is 0 Å². The van der Waals surface area contributed by atoms with Gasteiger partial charge in [-0.3, -0.25) is 15.0 Å². The molecule has 1 aromatic carbocycles. The first-order valence-electron chi connectivity index (χ1n) is 5.39. The van der Waals surface area contributed by atoms with E-state index in [9.17, 15) is 4.79 Å². The van der Waals surface area contributed by atoms with E-state index in [4.69, 9.17) is 0 Å². The zero-order valence-electron chi connectivity index (χ0n) is 9.24. The molecule has 0 bridgehead atoms. The van der Waals surface area contributed by atoms with Crippen LogP contribution in [0.15, 0.2) is 29.1 Å². The number of nitrogens with zero attached hydrogens (tertiary/aromatic N) is 1. The molecule has 0 aliphatic carbocycles. The highest BCUT2D eigenvalue weighted by Gasteiger charge is 2.16. The van der Waals surface area contributed by atoms with Gasteiger partial charge >= 0.3 is 0 Å². The fourth-order valence-electron chi connectivity index (χ4n) is 2.33. The summed E-state index contributed by atoms with van der Waals surface area (Å²) in [6.07, 6.45) is 0. The molecule has 4 heteroatoms. The van der Waals surface area contributed by atoms with Crippen molar-refractivity contribution in [3.05, 3.63) is 34.6 Å². The smallest absolute Gasteiger partial charge is 0.288 e. The Morgan fingerprint density at radius 1 is 1.19 bits per heavy atom. The summed E-state index contributed by atoms with van der Waals surface area (Å²) < 4.78 is 2.07. The molecule has 0 saturated carbocycles. The van der Waals surface area contributed by atoms with Crippen LogP contribution in [0.1, 0.15) is 19.9 Å². The highest BCUT2D eigenvalue weighted by Crippen LogP contribution is 2.27. The van der Waals surface area contributed by atoms with Gasteiger partial charge in [-0.25, -0.2) is 0 Å². The number of aromatic nitrogens is 3. The van der Waals surface area contributed by atoms with Crippen LogP contribution >= 0.6 is 0 Å². The van der Waals surface area contributed by atoms with E-state index in [2.05, 4.69) is 28.6 Å². The Balaban J connectivity index is 2.66. The van der Waals surface area contributed by atoms with Crippen molar-refractivity contribution in [3.8, 4) is 0 Å². The summed E-state index contributed by atoms with van der Waals surface area (Å²) in [6, 6.07) is 8.31. The first-order chi connectivity index (χ1) is 7.70. The van der Waals surface area contributed by atoms with Gasteiger partial charge in [0.15, 0.2) is 0 Å². The first kappa shape index (κ1) is 9.27. The highest BCUT2D eigenvalue weighted by molar-refractivity contribution is 6.05. The molecule has 0 amide bonds. The molecule has 0 saturated heterocycles. The summed E-state index contributed by atoms with van der Waals surface area (Å²) >= 11 is 0. The van der Waals surface area contributed by atoms with Crippen molar-refractivity contribution in [2.45, 2.75) is 19.9 Å². The van der Waals surface area contributed by atoms with Crippen molar-refractivity contribution >= 4 is 21.9 Å². The van der Waals surface area contributed by atoms with Gasteiger partial charge in [0, 0.05) is 11.4 Å². The standard InChI is InChI=1S/C12H13N3O/c1-7(2)15-9-6-4-3-5-8(9)10-11(15)12(16)14-13-10/h3-7H,1-2H3,(H2,13,14,16). The molecule has 3 aromatic rings. The third-order valence-electron chi connectivity index (χ3n) is 2.94. The topological polar surface area (TPSA) is 53.6 Å². The van der Waals surface area contributed by atoms with Crippen LogP contribution in [0.4, 0.5) is 0 Å². The van der Waals surface area contributed by atoms with E-state index >= 15 is 0 Å². The number of benzene rings is 1. The van der Waals surface area contributed by atoms with E-state index in [1.165, 1.54) is 0 Å². The van der Waals surface area contributed by atoms with E-state index in [-0.39, 0.29) is 11.6 Å². The Kier molecular flexibility index (Phi) is 1.74. The Morgan fingerprint density at radius 3 is 2.69 bits per heavy atom. The third kappa shape index (κ3) is 1.01. The first-order valence-corrected chi connectivity index (χ1v) is 5.39. The summed E-state index contributed by atoms with van der Waals surface area (Å²) in [5.41, 5.74) is 2.68. The second kappa shape index (κ2) is 3.01. The molecule has 0 aliphatic heterocycles. The van der Waals surface area contributed by atoms with Crippen LogP contribution in [0.25, 0.3) is 21.9 Å². The van der Waals surface area contributed by atoms with Gasteiger partial charge in [-0.15, -0.1) is 0 Å². The molecule has 16 heavy (non-hydrogen) atoms. The molecule has 0 fully saturated rings. The Bertz CT molecular complexity index is 715. The molecule has 2 heterocycles. The quantitative estimate of drug-likeness (QED) is 0.643. The lowest BCUT2D eigenvalue weighted by atomic mass is 10.2. The van der Waals surface area contributed by atoms with Crippen LogP contribution in [0.3, 0.4) is 0 Å². The number of fused-ring (bicyclic) bond motifs is 3. The third-order valence-corrected chi connectivity index (χ3v) is 2.94. The minimum atomic E-state index is -0.0556. The van der Waals surface area contributed by atoms with Crippen molar-refractivity contribution in [1.82, 2.24) is 14.8 Å². The molecular formula is C12H13N3O. The van der Waals surface area contributed by atoms with Crippen molar-refractivity contribution in [3.63, 3.8) is 0 Å². The van der Waals surface area contributed by atoms with E-state index in [0.717, 1.165) is 21.9 Å². The zero-order chi connectivity index (χ0) is 11.3. The average molecular weight is 215 g/mol. The van der Waals surface area contributed by atoms with Crippen LogP contribution in [0.5, 0.6) is 0 Å². The summed E-state index contributed by atoms with van der Waals surface area (Å²) in [5.74, 6) is 0. The number of hydrogen-bond acceptors (Lipinski definition) is 1. The Morgan fingerprint density at radius 2 is 1.94 bits per heavy atom. The van der Waals surface area contributed by atoms with Crippen molar-refractivity contribution in [2.24, 2.45) is 0 Å².